The van der Waals surface area contributed by atoms with Crippen LogP contribution < -0.4 is 10.1 Å². The van der Waals surface area contributed by atoms with E-state index in [2.05, 4.69) is 36.3 Å². The Balaban J connectivity index is 1.41. The lowest BCUT2D eigenvalue weighted by atomic mass is 9.98. The zero-order valence-electron chi connectivity index (χ0n) is 18.9. The number of rotatable bonds is 7. The third-order valence-corrected chi connectivity index (χ3v) is 5.92. The molecule has 0 saturated carbocycles. The highest BCUT2D eigenvalue weighted by Gasteiger charge is 2.12. The number of hydrogen-bond donors (Lipinski definition) is 1. The van der Waals surface area contributed by atoms with E-state index in [1.165, 1.54) is 5.56 Å². The number of nitrogens with one attached hydrogen (secondary N) is 1. The Morgan fingerprint density at radius 3 is 2.62 bits per heavy atom. The summed E-state index contributed by atoms with van der Waals surface area (Å²) in [6.07, 6.45) is 1.08. The minimum absolute atomic E-state index is 0.0459. The number of fused-ring (bicyclic) bond motifs is 1. The number of ether oxygens (including phenoxy) is 1. The summed E-state index contributed by atoms with van der Waals surface area (Å²) in [6, 6.07) is 19.5. The van der Waals surface area contributed by atoms with Gasteiger partial charge in [0.1, 0.15) is 11.3 Å². The fraction of sp³-hybridized carbons (Fsp3) is 0.259. The molecule has 0 aliphatic carbocycles. The largest absolute Gasteiger partial charge is 0.483 e. The van der Waals surface area contributed by atoms with Crippen molar-refractivity contribution in [2.45, 2.75) is 40.0 Å². The molecule has 0 aliphatic heterocycles. The van der Waals surface area contributed by atoms with Crippen LogP contribution in [-0.2, 0) is 4.79 Å². The number of hydrogen-bond acceptors (Lipinski definition) is 4. The predicted molar refractivity (Wildman–Crippen MR) is 128 cm³/mol. The molecule has 1 amide bonds. The maximum Gasteiger partial charge on any atom is 0.262 e. The Bertz CT molecular complexity index is 1240. The molecule has 1 N–H and O–H groups in total. The fourth-order valence-corrected chi connectivity index (χ4v) is 3.53. The normalized spacial score (nSPS) is 12.0. The molecule has 0 saturated heterocycles. The van der Waals surface area contributed by atoms with Gasteiger partial charge in [0.15, 0.2) is 12.2 Å². The van der Waals surface area contributed by atoms with Gasteiger partial charge in [0.05, 0.1) is 0 Å². The average Bonchev–Trinajstić information content (AvgIpc) is 3.23. The van der Waals surface area contributed by atoms with Gasteiger partial charge in [0.2, 0.25) is 5.89 Å². The molecule has 3 aromatic carbocycles. The molecule has 164 valence electrons. The molecule has 1 atom stereocenters. The SMILES string of the molecule is CC[C@@H](C)c1ccc2oc(-c3ccc(NC(=O)COc4cccc(C)c4C)cc3)nc2c1. The lowest BCUT2D eigenvalue weighted by Crippen LogP contribution is -2.20. The van der Waals surface area contributed by atoms with E-state index in [4.69, 9.17) is 9.15 Å². The summed E-state index contributed by atoms with van der Waals surface area (Å²) in [7, 11) is 0. The van der Waals surface area contributed by atoms with Crippen molar-refractivity contribution in [1.82, 2.24) is 4.98 Å². The molecule has 5 nitrogen and oxygen atoms in total. The first kappa shape index (κ1) is 21.6. The molecular weight excluding hydrogens is 400 g/mol. The summed E-state index contributed by atoms with van der Waals surface area (Å²) < 4.78 is 11.6. The highest BCUT2D eigenvalue weighted by atomic mass is 16.5. The van der Waals surface area contributed by atoms with Crippen molar-refractivity contribution in [2.75, 3.05) is 11.9 Å². The van der Waals surface area contributed by atoms with Gasteiger partial charge in [-0.15, -0.1) is 0 Å². The number of oxazole rings is 1. The molecule has 4 rings (SSSR count). The molecule has 0 radical (unpaired) electrons. The van der Waals surface area contributed by atoms with Crippen LogP contribution in [0.15, 0.2) is 65.1 Å². The van der Waals surface area contributed by atoms with E-state index in [0.717, 1.165) is 40.0 Å². The van der Waals surface area contributed by atoms with E-state index in [9.17, 15) is 4.79 Å². The van der Waals surface area contributed by atoms with Gasteiger partial charge >= 0.3 is 0 Å². The quantitative estimate of drug-likeness (QED) is 0.358. The zero-order valence-corrected chi connectivity index (χ0v) is 18.9. The van der Waals surface area contributed by atoms with Gasteiger partial charge in [-0.25, -0.2) is 4.98 Å². The second-order valence-electron chi connectivity index (χ2n) is 8.17. The predicted octanol–water partition coefficient (Wildman–Crippen LogP) is 6.64. The number of anilines is 1. The second-order valence-corrected chi connectivity index (χ2v) is 8.17. The molecule has 32 heavy (non-hydrogen) atoms. The lowest BCUT2D eigenvalue weighted by Gasteiger charge is -2.11. The smallest absolute Gasteiger partial charge is 0.262 e. The van der Waals surface area contributed by atoms with E-state index in [-0.39, 0.29) is 12.5 Å². The molecule has 0 aliphatic rings. The van der Waals surface area contributed by atoms with Crippen molar-refractivity contribution >= 4 is 22.7 Å². The number of carbonyl (C=O) groups is 1. The molecular formula is C27H28N2O3. The number of aryl methyl sites for hydroxylation is 1. The van der Waals surface area contributed by atoms with Gasteiger partial charge < -0.3 is 14.5 Å². The monoisotopic (exact) mass is 428 g/mol. The summed E-state index contributed by atoms with van der Waals surface area (Å²) in [4.78, 5) is 17.0. The Morgan fingerprint density at radius 1 is 1.09 bits per heavy atom. The molecule has 4 aromatic rings. The second kappa shape index (κ2) is 9.27. The zero-order chi connectivity index (χ0) is 22.7. The van der Waals surface area contributed by atoms with Crippen LogP contribution in [0.4, 0.5) is 5.69 Å². The van der Waals surface area contributed by atoms with Crippen LogP contribution in [-0.4, -0.2) is 17.5 Å². The molecule has 0 bridgehead atoms. The molecule has 0 fully saturated rings. The Hall–Kier alpha value is -3.60. The van der Waals surface area contributed by atoms with Crippen LogP contribution >= 0.6 is 0 Å². The first-order valence-corrected chi connectivity index (χ1v) is 10.9. The fourth-order valence-electron chi connectivity index (χ4n) is 3.53. The van der Waals surface area contributed by atoms with Crippen LogP contribution in [0.2, 0.25) is 0 Å². The van der Waals surface area contributed by atoms with E-state index in [1.54, 1.807) is 0 Å². The van der Waals surface area contributed by atoms with Crippen molar-refractivity contribution in [1.29, 1.82) is 0 Å². The van der Waals surface area contributed by atoms with Gasteiger partial charge in [0.25, 0.3) is 5.91 Å². The van der Waals surface area contributed by atoms with Crippen LogP contribution in [0.1, 0.15) is 42.9 Å². The summed E-state index contributed by atoms with van der Waals surface area (Å²) in [6.45, 7) is 8.35. The summed E-state index contributed by atoms with van der Waals surface area (Å²) >= 11 is 0. The number of amides is 1. The molecule has 1 heterocycles. The van der Waals surface area contributed by atoms with Crippen LogP contribution in [0.25, 0.3) is 22.6 Å². The molecule has 0 unspecified atom stereocenters. The van der Waals surface area contributed by atoms with Crippen LogP contribution in [0.5, 0.6) is 5.75 Å². The van der Waals surface area contributed by atoms with Crippen molar-refractivity contribution in [3.8, 4) is 17.2 Å². The van der Waals surface area contributed by atoms with Gasteiger partial charge in [-0.05, 0) is 85.3 Å². The van der Waals surface area contributed by atoms with Gasteiger partial charge in [0, 0.05) is 11.3 Å². The Morgan fingerprint density at radius 2 is 1.88 bits per heavy atom. The highest BCUT2D eigenvalue weighted by molar-refractivity contribution is 5.92. The van der Waals surface area contributed by atoms with Crippen molar-refractivity contribution < 1.29 is 13.9 Å². The first-order chi connectivity index (χ1) is 15.4. The minimum Gasteiger partial charge on any atom is -0.483 e. The van der Waals surface area contributed by atoms with Gasteiger partial charge in [-0.3, -0.25) is 4.79 Å². The van der Waals surface area contributed by atoms with Gasteiger partial charge in [-0.1, -0.05) is 32.0 Å². The van der Waals surface area contributed by atoms with Crippen LogP contribution in [0.3, 0.4) is 0 Å². The van der Waals surface area contributed by atoms with Crippen molar-refractivity contribution in [2.24, 2.45) is 0 Å². The Kier molecular flexibility index (Phi) is 6.26. The van der Waals surface area contributed by atoms with Crippen LogP contribution in [0, 0.1) is 13.8 Å². The molecule has 0 spiro atoms. The third kappa shape index (κ3) is 4.67. The average molecular weight is 429 g/mol. The van der Waals surface area contributed by atoms with Gasteiger partial charge in [-0.2, -0.15) is 0 Å². The third-order valence-electron chi connectivity index (χ3n) is 5.92. The van der Waals surface area contributed by atoms with Crippen molar-refractivity contribution in [3.63, 3.8) is 0 Å². The highest BCUT2D eigenvalue weighted by Crippen LogP contribution is 2.28. The maximum atomic E-state index is 12.3. The lowest BCUT2D eigenvalue weighted by molar-refractivity contribution is -0.118. The van der Waals surface area contributed by atoms with E-state index in [0.29, 0.717) is 17.5 Å². The standard InChI is InChI=1S/C27H28N2O3/c1-5-17(2)21-11-14-25-23(15-21)29-27(32-25)20-9-12-22(13-10-20)28-26(30)16-31-24-8-6-7-18(3)19(24)4/h6-15,17H,5,16H2,1-4H3,(H,28,30)/t17-/m1/s1. The summed E-state index contributed by atoms with van der Waals surface area (Å²) in [5.74, 6) is 1.57. The number of nitrogens with zero attached hydrogens (tertiary/aromatic N) is 1. The minimum atomic E-state index is -0.210. The number of benzene rings is 3. The molecule has 1 aromatic heterocycles. The first-order valence-electron chi connectivity index (χ1n) is 10.9. The molecule has 5 heteroatoms. The summed E-state index contributed by atoms with van der Waals surface area (Å²) in [5.41, 5.74) is 6.62. The van der Waals surface area contributed by atoms with Crippen molar-refractivity contribution in [3.05, 3.63) is 77.4 Å². The van der Waals surface area contributed by atoms with E-state index in [1.807, 2.05) is 62.4 Å². The Labute approximate surface area is 188 Å². The van der Waals surface area contributed by atoms with E-state index < -0.39 is 0 Å². The number of carbonyl (C=O) groups excluding carboxylic acids is 1. The van der Waals surface area contributed by atoms with E-state index >= 15 is 0 Å². The maximum absolute atomic E-state index is 12.3. The summed E-state index contributed by atoms with van der Waals surface area (Å²) in [5, 5.41) is 2.86. The topological polar surface area (TPSA) is 64.4 Å². The number of aromatic nitrogens is 1.